The fourth-order valence-electron chi connectivity index (χ4n) is 1.78. The van der Waals surface area contributed by atoms with Crippen molar-refractivity contribution in [2.45, 2.75) is 80.1 Å². The normalized spacial score (nSPS) is 13.2. The number of hydrogen-bond acceptors (Lipinski definition) is 4. The minimum absolute atomic E-state index is 0.0628. The molecule has 0 saturated heterocycles. The van der Waals surface area contributed by atoms with Gasteiger partial charge in [-0.3, -0.25) is 0 Å². The van der Waals surface area contributed by atoms with Crippen molar-refractivity contribution in [3.05, 3.63) is 0 Å². The Labute approximate surface area is 126 Å². The third kappa shape index (κ3) is 9.88. The van der Waals surface area contributed by atoms with E-state index in [2.05, 4.69) is 13.8 Å². The number of hydrogen-bond donors (Lipinski definition) is 0. The van der Waals surface area contributed by atoms with E-state index >= 15 is 0 Å². The van der Waals surface area contributed by atoms with Gasteiger partial charge in [0.05, 0.1) is 0 Å². The molecule has 0 aromatic heterocycles. The molecule has 0 bridgehead atoms. The van der Waals surface area contributed by atoms with Crippen molar-refractivity contribution in [2.75, 3.05) is 12.8 Å². The molecule has 0 N–H and O–H groups in total. The highest BCUT2D eigenvalue weighted by molar-refractivity contribution is 6.60. The van der Waals surface area contributed by atoms with E-state index in [1.807, 2.05) is 41.5 Å². The molecule has 5 heteroatoms. The van der Waals surface area contributed by atoms with Gasteiger partial charge in [-0.15, -0.1) is 0 Å². The molecule has 0 aromatic carbocycles. The standard InChI is InChI=1S/C15H34O4Si/c1-12(2)9-10-16-11-20(17-13(3)4,18-14(5)6)19-15(7)8/h12-15H,9-11H2,1-8H3. The van der Waals surface area contributed by atoms with Crippen LogP contribution in [0.3, 0.4) is 0 Å². The molecule has 20 heavy (non-hydrogen) atoms. The fourth-order valence-corrected chi connectivity index (χ4v) is 4.70. The summed E-state index contributed by atoms with van der Waals surface area (Å²) in [6, 6.07) is 0. The molecule has 0 aromatic rings. The van der Waals surface area contributed by atoms with Gasteiger partial charge in [0.15, 0.2) is 0 Å². The highest BCUT2D eigenvalue weighted by Crippen LogP contribution is 2.18. The second-order valence-corrected chi connectivity index (χ2v) is 8.78. The first-order chi connectivity index (χ1) is 9.17. The maximum Gasteiger partial charge on any atom is 0.528 e. The Morgan fingerprint density at radius 2 is 1.10 bits per heavy atom. The van der Waals surface area contributed by atoms with Crippen molar-refractivity contribution >= 4 is 8.80 Å². The topological polar surface area (TPSA) is 36.9 Å². The van der Waals surface area contributed by atoms with Gasteiger partial charge < -0.3 is 18.0 Å². The summed E-state index contributed by atoms with van der Waals surface area (Å²) in [4.78, 5) is 0. The predicted molar refractivity (Wildman–Crippen MR) is 84.7 cm³/mol. The summed E-state index contributed by atoms with van der Waals surface area (Å²) in [6.45, 7) is 17.1. The number of rotatable bonds is 11. The molecule has 0 rings (SSSR count). The first-order valence-corrected chi connectivity index (χ1v) is 9.71. The third-order valence-electron chi connectivity index (χ3n) is 2.36. The Hall–Kier alpha value is 0.0569. The Balaban J connectivity index is 4.68. The lowest BCUT2D eigenvalue weighted by Gasteiger charge is -2.34. The molecular weight excluding hydrogens is 272 g/mol. The van der Waals surface area contributed by atoms with Crippen molar-refractivity contribution in [1.29, 1.82) is 0 Å². The molecule has 0 atom stereocenters. The summed E-state index contributed by atoms with van der Waals surface area (Å²) in [5.41, 5.74) is 0. The molecule has 0 unspecified atom stereocenters. The highest BCUT2D eigenvalue weighted by Gasteiger charge is 2.45. The van der Waals surface area contributed by atoms with Crippen LogP contribution in [0.15, 0.2) is 0 Å². The van der Waals surface area contributed by atoms with E-state index < -0.39 is 8.80 Å². The summed E-state index contributed by atoms with van der Waals surface area (Å²) < 4.78 is 23.9. The lowest BCUT2D eigenvalue weighted by Crippen LogP contribution is -2.55. The van der Waals surface area contributed by atoms with E-state index in [0.29, 0.717) is 12.1 Å². The molecule has 0 radical (unpaired) electrons. The van der Waals surface area contributed by atoms with Crippen LogP contribution in [0.5, 0.6) is 0 Å². The Kier molecular flexibility index (Phi) is 9.92. The van der Waals surface area contributed by atoms with Crippen molar-refractivity contribution in [3.63, 3.8) is 0 Å². The van der Waals surface area contributed by atoms with Crippen molar-refractivity contribution in [1.82, 2.24) is 0 Å². The molecule has 0 aliphatic rings. The van der Waals surface area contributed by atoms with Crippen LogP contribution >= 0.6 is 0 Å². The average Bonchev–Trinajstić information content (AvgIpc) is 2.20. The van der Waals surface area contributed by atoms with E-state index in [1.54, 1.807) is 0 Å². The summed E-state index contributed by atoms with van der Waals surface area (Å²) in [6.07, 6.45) is 1.65. The Morgan fingerprint density at radius 3 is 1.40 bits per heavy atom. The van der Waals surface area contributed by atoms with E-state index in [9.17, 15) is 0 Å². The van der Waals surface area contributed by atoms with Crippen LogP contribution in [-0.2, 0) is 18.0 Å². The van der Waals surface area contributed by atoms with Crippen molar-refractivity contribution in [2.24, 2.45) is 5.92 Å². The quantitative estimate of drug-likeness (QED) is 0.430. The highest BCUT2D eigenvalue weighted by atomic mass is 28.4. The smallest absolute Gasteiger partial charge is 0.377 e. The van der Waals surface area contributed by atoms with Crippen molar-refractivity contribution in [3.8, 4) is 0 Å². The maximum absolute atomic E-state index is 6.04. The first kappa shape index (κ1) is 20.1. The van der Waals surface area contributed by atoms with Gasteiger partial charge in [-0.1, -0.05) is 13.8 Å². The maximum atomic E-state index is 6.04. The summed E-state index contributed by atoms with van der Waals surface area (Å²) in [7, 11) is -2.78. The molecule has 122 valence electrons. The van der Waals surface area contributed by atoms with Crippen LogP contribution in [0.1, 0.15) is 61.8 Å². The summed E-state index contributed by atoms with van der Waals surface area (Å²) in [5, 5.41) is 0. The van der Waals surface area contributed by atoms with Gasteiger partial charge >= 0.3 is 8.80 Å². The second kappa shape index (κ2) is 9.90. The molecule has 0 amide bonds. The Morgan fingerprint density at radius 1 is 0.700 bits per heavy atom. The van der Waals surface area contributed by atoms with E-state index in [1.165, 1.54) is 0 Å². The van der Waals surface area contributed by atoms with Crippen LogP contribution in [0.4, 0.5) is 0 Å². The van der Waals surface area contributed by atoms with Crippen LogP contribution in [-0.4, -0.2) is 40.0 Å². The monoisotopic (exact) mass is 306 g/mol. The van der Waals surface area contributed by atoms with Crippen LogP contribution in [0.2, 0.25) is 0 Å². The lowest BCUT2D eigenvalue weighted by molar-refractivity contribution is -0.0229. The SMILES string of the molecule is CC(C)CCOC[Si](OC(C)C)(OC(C)C)OC(C)C. The molecule has 0 heterocycles. The Bertz CT molecular complexity index is 215. The van der Waals surface area contributed by atoms with Gasteiger partial charge in [-0.25, -0.2) is 0 Å². The zero-order valence-corrected chi connectivity index (χ0v) is 15.6. The van der Waals surface area contributed by atoms with Crippen LogP contribution < -0.4 is 0 Å². The second-order valence-electron chi connectivity index (χ2n) is 6.42. The molecule has 0 spiro atoms. The largest absolute Gasteiger partial charge is 0.528 e. The molecule has 0 aliphatic carbocycles. The van der Waals surface area contributed by atoms with Gasteiger partial charge in [0, 0.05) is 24.9 Å². The third-order valence-corrected chi connectivity index (χ3v) is 5.41. The zero-order chi connectivity index (χ0) is 15.8. The van der Waals surface area contributed by atoms with Gasteiger partial charge in [0.2, 0.25) is 0 Å². The van der Waals surface area contributed by atoms with E-state index in [0.717, 1.165) is 13.0 Å². The lowest BCUT2D eigenvalue weighted by atomic mass is 10.1. The molecule has 0 saturated carbocycles. The molecule has 4 nitrogen and oxygen atoms in total. The van der Waals surface area contributed by atoms with E-state index in [4.69, 9.17) is 18.0 Å². The van der Waals surface area contributed by atoms with Crippen LogP contribution in [0.25, 0.3) is 0 Å². The van der Waals surface area contributed by atoms with Gasteiger partial charge in [0.1, 0.15) is 6.23 Å². The zero-order valence-electron chi connectivity index (χ0n) is 14.6. The van der Waals surface area contributed by atoms with Gasteiger partial charge in [-0.05, 0) is 53.9 Å². The minimum Gasteiger partial charge on any atom is -0.377 e. The summed E-state index contributed by atoms with van der Waals surface area (Å²) in [5.74, 6) is 0.633. The van der Waals surface area contributed by atoms with Crippen LogP contribution in [0, 0.1) is 5.92 Å². The summed E-state index contributed by atoms with van der Waals surface area (Å²) >= 11 is 0. The predicted octanol–water partition coefficient (Wildman–Crippen LogP) is 3.80. The first-order valence-electron chi connectivity index (χ1n) is 7.78. The van der Waals surface area contributed by atoms with Gasteiger partial charge in [-0.2, -0.15) is 0 Å². The molecule has 0 aliphatic heterocycles. The molecular formula is C15H34O4Si. The van der Waals surface area contributed by atoms with Gasteiger partial charge in [0.25, 0.3) is 0 Å². The number of ether oxygens (including phenoxy) is 1. The fraction of sp³-hybridized carbons (Fsp3) is 1.00. The minimum atomic E-state index is -2.78. The average molecular weight is 307 g/mol. The molecule has 0 fully saturated rings. The van der Waals surface area contributed by atoms with E-state index in [-0.39, 0.29) is 18.3 Å². The van der Waals surface area contributed by atoms with Crippen molar-refractivity contribution < 1.29 is 18.0 Å².